The summed E-state index contributed by atoms with van der Waals surface area (Å²) < 4.78 is 11.8. The van der Waals surface area contributed by atoms with Crippen molar-refractivity contribution >= 4 is 17.6 Å². The van der Waals surface area contributed by atoms with Gasteiger partial charge in [-0.15, -0.1) is 0 Å². The van der Waals surface area contributed by atoms with Crippen LogP contribution in [-0.4, -0.2) is 39.5 Å². The summed E-state index contributed by atoms with van der Waals surface area (Å²) in [6.45, 7) is 3.95. The fourth-order valence-electron chi connectivity index (χ4n) is 2.54. The molecule has 25 heavy (non-hydrogen) atoms. The highest BCUT2D eigenvalue weighted by molar-refractivity contribution is 6.00. The van der Waals surface area contributed by atoms with Crippen LogP contribution < -0.4 is 0 Å². The van der Waals surface area contributed by atoms with Crippen LogP contribution in [0.15, 0.2) is 42.9 Å². The zero-order chi connectivity index (χ0) is 17.8. The van der Waals surface area contributed by atoms with Crippen molar-refractivity contribution in [2.45, 2.75) is 13.8 Å². The summed E-state index contributed by atoms with van der Waals surface area (Å²) in [7, 11) is 0. The molecule has 0 saturated heterocycles. The summed E-state index contributed by atoms with van der Waals surface area (Å²) in [6, 6.07) is 6.77. The molecule has 0 spiro atoms. The Bertz CT molecular complexity index is 919. The van der Waals surface area contributed by atoms with E-state index in [2.05, 4.69) is 9.97 Å². The highest BCUT2D eigenvalue weighted by Crippen LogP contribution is 2.26. The van der Waals surface area contributed by atoms with E-state index in [1.54, 1.807) is 61.1 Å². The van der Waals surface area contributed by atoms with Crippen molar-refractivity contribution in [3.63, 3.8) is 0 Å². The van der Waals surface area contributed by atoms with Crippen LogP contribution in [-0.2, 0) is 9.47 Å². The molecule has 0 unspecified atom stereocenters. The van der Waals surface area contributed by atoms with Gasteiger partial charge in [-0.1, -0.05) is 0 Å². The maximum Gasteiger partial charge on any atom is 0.357 e. The Hall–Kier alpha value is -3.22. The van der Waals surface area contributed by atoms with Gasteiger partial charge in [0, 0.05) is 24.2 Å². The Morgan fingerprint density at radius 1 is 1.04 bits per heavy atom. The third-order valence-electron chi connectivity index (χ3n) is 3.57. The third-order valence-corrected chi connectivity index (χ3v) is 3.57. The molecule has 3 aromatic rings. The van der Waals surface area contributed by atoms with Crippen molar-refractivity contribution in [3.8, 4) is 11.3 Å². The molecule has 0 fully saturated rings. The first kappa shape index (κ1) is 16.6. The average Bonchev–Trinajstić information content (AvgIpc) is 3.02. The van der Waals surface area contributed by atoms with E-state index in [1.165, 1.54) is 0 Å². The summed E-state index contributed by atoms with van der Waals surface area (Å²) in [5.74, 6) is -1.00. The minimum atomic E-state index is -0.511. The van der Waals surface area contributed by atoms with Crippen molar-refractivity contribution in [2.24, 2.45) is 0 Å². The normalized spacial score (nSPS) is 10.6. The van der Waals surface area contributed by atoms with Gasteiger partial charge in [0.15, 0.2) is 11.3 Å². The lowest BCUT2D eigenvalue weighted by molar-refractivity contribution is 0.0510. The number of aromatic nitrogens is 3. The first-order valence-electron chi connectivity index (χ1n) is 7.93. The van der Waals surface area contributed by atoms with Crippen molar-refractivity contribution in [2.75, 3.05) is 13.2 Å². The second-order valence-electron chi connectivity index (χ2n) is 5.10. The molecule has 0 bridgehead atoms. The van der Waals surface area contributed by atoms with E-state index in [-0.39, 0.29) is 24.5 Å². The smallest absolute Gasteiger partial charge is 0.357 e. The number of ether oxygens (including phenoxy) is 2. The standard InChI is InChI=1S/C18H17N3O4/c1-3-24-17(22)13-6-5-11-21-15(18(23)25-4-2)14(20-16(13)21)12-7-9-19-10-8-12/h5-11H,3-4H2,1-2H3. The Morgan fingerprint density at radius 3 is 2.40 bits per heavy atom. The number of imidazole rings is 1. The molecular weight excluding hydrogens is 322 g/mol. The monoisotopic (exact) mass is 339 g/mol. The fourth-order valence-corrected chi connectivity index (χ4v) is 2.54. The van der Waals surface area contributed by atoms with Crippen molar-refractivity contribution in [1.29, 1.82) is 0 Å². The number of pyridine rings is 2. The zero-order valence-corrected chi connectivity index (χ0v) is 13.9. The molecule has 128 valence electrons. The Morgan fingerprint density at radius 2 is 1.72 bits per heavy atom. The Kier molecular flexibility index (Phi) is 4.74. The summed E-state index contributed by atoms with van der Waals surface area (Å²) in [4.78, 5) is 33.2. The quantitative estimate of drug-likeness (QED) is 0.665. The summed E-state index contributed by atoms with van der Waals surface area (Å²) in [5.41, 5.74) is 2.02. The van der Waals surface area contributed by atoms with Gasteiger partial charge in [0.25, 0.3) is 0 Å². The lowest BCUT2D eigenvalue weighted by Gasteiger charge is -2.06. The van der Waals surface area contributed by atoms with Gasteiger partial charge in [-0.25, -0.2) is 14.6 Å². The topological polar surface area (TPSA) is 82.8 Å². The van der Waals surface area contributed by atoms with E-state index >= 15 is 0 Å². The molecule has 0 N–H and O–H groups in total. The van der Waals surface area contributed by atoms with Crippen LogP contribution >= 0.6 is 0 Å². The number of rotatable bonds is 5. The molecular formula is C18H17N3O4. The minimum absolute atomic E-state index is 0.236. The van der Waals surface area contributed by atoms with Crippen molar-refractivity contribution in [3.05, 3.63) is 54.1 Å². The molecule has 0 radical (unpaired) electrons. The van der Waals surface area contributed by atoms with Gasteiger partial charge in [-0.3, -0.25) is 9.38 Å². The Labute approximate surface area is 144 Å². The second kappa shape index (κ2) is 7.12. The van der Waals surface area contributed by atoms with E-state index < -0.39 is 11.9 Å². The molecule has 0 aliphatic carbocycles. The molecule has 7 heteroatoms. The number of hydrogen-bond acceptors (Lipinski definition) is 6. The number of esters is 2. The highest BCUT2D eigenvalue weighted by Gasteiger charge is 2.24. The summed E-state index contributed by atoms with van der Waals surface area (Å²) >= 11 is 0. The number of carbonyl (C=O) groups excluding carboxylic acids is 2. The summed E-state index contributed by atoms with van der Waals surface area (Å²) in [5, 5.41) is 0. The van der Waals surface area contributed by atoms with E-state index in [4.69, 9.17) is 9.47 Å². The van der Waals surface area contributed by atoms with Gasteiger partial charge in [-0.2, -0.15) is 0 Å². The minimum Gasteiger partial charge on any atom is -0.462 e. The molecule has 7 nitrogen and oxygen atoms in total. The van der Waals surface area contributed by atoms with E-state index in [0.29, 0.717) is 16.9 Å². The van der Waals surface area contributed by atoms with E-state index in [0.717, 1.165) is 0 Å². The first-order valence-corrected chi connectivity index (χ1v) is 7.93. The van der Waals surface area contributed by atoms with Crippen LogP contribution in [0, 0.1) is 0 Å². The fraction of sp³-hybridized carbons (Fsp3) is 0.222. The van der Waals surface area contributed by atoms with Gasteiger partial charge in [0.2, 0.25) is 0 Å². The molecule has 3 aromatic heterocycles. The predicted molar refractivity (Wildman–Crippen MR) is 90.3 cm³/mol. The third kappa shape index (κ3) is 3.08. The maximum atomic E-state index is 12.5. The largest absolute Gasteiger partial charge is 0.462 e. The van der Waals surface area contributed by atoms with Crippen LogP contribution in [0.25, 0.3) is 16.9 Å². The maximum absolute atomic E-state index is 12.5. The van der Waals surface area contributed by atoms with E-state index in [1.807, 2.05) is 0 Å². The van der Waals surface area contributed by atoms with Crippen LogP contribution in [0.5, 0.6) is 0 Å². The molecule has 3 heterocycles. The molecule has 0 aromatic carbocycles. The van der Waals surface area contributed by atoms with Crippen LogP contribution in [0.4, 0.5) is 0 Å². The molecule has 0 saturated carbocycles. The Balaban J connectivity index is 2.27. The second-order valence-corrected chi connectivity index (χ2v) is 5.10. The van der Waals surface area contributed by atoms with Gasteiger partial charge >= 0.3 is 11.9 Å². The van der Waals surface area contributed by atoms with Crippen LogP contribution in [0.3, 0.4) is 0 Å². The molecule has 0 atom stereocenters. The summed E-state index contributed by atoms with van der Waals surface area (Å²) in [6.07, 6.45) is 4.89. The molecule has 0 aliphatic rings. The number of carbonyl (C=O) groups is 2. The average molecular weight is 339 g/mol. The molecule has 3 rings (SSSR count). The van der Waals surface area contributed by atoms with Crippen LogP contribution in [0.1, 0.15) is 34.7 Å². The van der Waals surface area contributed by atoms with Gasteiger partial charge in [0.1, 0.15) is 11.3 Å². The zero-order valence-electron chi connectivity index (χ0n) is 13.9. The lowest BCUT2D eigenvalue weighted by atomic mass is 10.1. The lowest BCUT2D eigenvalue weighted by Crippen LogP contribution is -2.11. The van der Waals surface area contributed by atoms with Gasteiger partial charge < -0.3 is 9.47 Å². The number of nitrogens with zero attached hydrogens (tertiary/aromatic N) is 3. The predicted octanol–water partition coefficient (Wildman–Crippen LogP) is 2.75. The van der Waals surface area contributed by atoms with Gasteiger partial charge in [0.05, 0.1) is 13.2 Å². The van der Waals surface area contributed by atoms with Crippen molar-refractivity contribution in [1.82, 2.24) is 14.4 Å². The van der Waals surface area contributed by atoms with E-state index in [9.17, 15) is 9.59 Å². The highest BCUT2D eigenvalue weighted by atomic mass is 16.5. The van der Waals surface area contributed by atoms with Crippen molar-refractivity contribution < 1.29 is 19.1 Å². The first-order chi connectivity index (χ1) is 12.2. The van der Waals surface area contributed by atoms with Gasteiger partial charge in [-0.05, 0) is 38.1 Å². The molecule has 0 amide bonds. The SMILES string of the molecule is CCOC(=O)c1cccn2c(C(=O)OCC)c(-c3ccncc3)nc12. The molecule has 0 aliphatic heterocycles. The van der Waals surface area contributed by atoms with Crippen LogP contribution in [0.2, 0.25) is 0 Å². The number of hydrogen-bond donors (Lipinski definition) is 0. The number of fused-ring (bicyclic) bond motifs is 1.